The fourth-order valence-electron chi connectivity index (χ4n) is 2.43. The zero-order valence-electron chi connectivity index (χ0n) is 9.92. The van der Waals surface area contributed by atoms with Crippen LogP contribution < -0.4 is 5.32 Å². The Labute approximate surface area is 116 Å². The fourth-order valence-corrected chi connectivity index (χ4v) is 3.06. The van der Waals surface area contributed by atoms with Gasteiger partial charge in [-0.05, 0) is 47.1 Å². The van der Waals surface area contributed by atoms with Gasteiger partial charge in [0.25, 0.3) is 5.91 Å². The second-order valence-electron chi connectivity index (χ2n) is 4.67. The van der Waals surface area contributed by atoms with Gasteiger partial charge in [-0.25, -0.2) is 0 Å². The minimum Gasteiger partial charge on any atom is -0.352 e. The van der Waals surface area contributed by atoms with Gasteiger partial charge >= 0.3 is 0 Å². The third kappa shape index (κ3) is 3.69. The summed E-state index contributed by atoms with van der Waals surface area (Å²) in [6.45, 7) is 0.814. The summed E-state index contributed by atoms with van der Waals surface area (Å²) in [5.41, 5.74) is 0.791. The summed E-state index contributed by atoms with van der Waals surface area (Å²) in [6, 6.07) is 7.71. The molecule has 0 saturated heterocycles. The van der Waals surface area contributed by atoms with Crippen molar-refractivity contribution >= 4 is 28.5 Å². The van der Waals surface area contributed by atoms with E-state index in [1.54, 1.807) is 0 Å². The minimum atomic E-state index is 0.0630. The number of benzene rings is 1. The monoisotopic (exact) mass is 343 g/mol. The average Bonchev–Trinajstić information content (AvgIpc) is 2.82. The minimum absolute atomic E-state index is 0.0630. The van der Waals surface area contributed by atoms with Gasteiger partial charge in [-0.1, -0.05) is 37.8 Å². The van der Waals surface area contributed by atoms with Crippen molar-refractivity contribution in [1.29, 1.82) is 0 Å². The Morgan fingerprint density at radius 2 is 2.00 bits per heavy atom. The molecular formula is C14H18INO. The molecule has 0 radical (unpaired) electrons. The Bertz CT molecular complexity index is 386. The Balaban J connectivity index is 1.79. The highest BCUT2D eigenvalue weighted by Gasteiger charge is 2.15. The first kappa shape index (κ1) is 12.9. The van der Waals surface area contributed by atoms with E-state index < -0.39 is 0 Å². The van der Waals surface area contributed by atoms with Crippen molar-refractivity contribution in [3.8, 4) is 0 Å². The standard InChI is InChI=1S/C14H18INO/c15-13-8-4-3-7-12(13)14(17)16-10-9-11-5-1-2-6-11/h3-4,7-8,11H,1-2,5-6,9-10H2,(H,16,17). The van der Waals surface area contributed by atoms with Crippen molar-refractivity contribution in [2.45, 2.75) is 32.1 Å². The van der Waals surface area contributed by atoms with E-state index in [1.807, 2.05) is 24.3 Å². The van der Waals surface area contributed by atoms with Gasteiger partial charge in [-0.15, -0.1) is 0 Å². The molecule has 3 heteroatoms. The number of nitrogens with one attached hydrogen (secondary N) is 1. The molecule has 1 fully saturated rings. The second kappa shape index (κ2) is 6.38. The molecule has 17 heavy (non-hydrogen) atoms. The van der Waals surface area contributed by atoms with Crippen LogP contribution in [-0.2, 0) is 0 Å². The quantitative estimate of drug-likeness (QED) is 0.832. The summed E-state index contributed by atoms with van der Waals surface area (Å²) in [5, 5.41) is 3.02. The summed E-state index contributed by atoms with van der Waals surface area (Å²) in [7, 11) is 0. The van der Waals surface area contributed by atoms with Crippen molar-refractivity contribution < 1.29 is 4.79 Å². The number of hydrogen-bond donors (Lipinski definition) is 1. The van der Waals surface area contributed by atoms with E-state index in [-0.39, 0.29) is 5.91 Å². The molecule has 1 aliphatic rings. The summed E-state index contributed by atoms with van der Waals surface area (Å²) >= 11 is 2.20. The smallest absolute Gasteiger partial charge is 0.252 e. The zero-order chi connectivity index (χ0) is 12.1. The van der Waals surface area contributed by atoms with E-state index in [2.05, 4.69) is 27.9 Å². The second-order valence-corrected chi connectivity index (χ2v) is 5.84. The van der Waals surface area contributed by atoms with E-state index in [4.69, 9.17) is 0 Å². The van der Waals surface area contributed by atoms with Gasteiger partial charge in [0.1, 0.15) is 0 Å². The van der Waals surface area contributed by atoms with Gasteiger partial charge in [-0.3, -0.25) is 4.79 Å². The lowest BCUT2D eigenvalue weighted by Crippen LogP contribution is -2.26. The molecule has 0 heterocycles. The maximum atomic E-state index is 11.9. The molecule has 1 aromatic carbocycles. The van der Waals surface area contributed by atoms with Gasteiger partial charge < -0.3 is 5.32 Å². The van der Waals surface area contributed by atoms with Crippen LogP contribution in [0.4, 0.5) is 0 Å². The lowest BCUT2D eigenvalue weighted by atomic mass is 10.0. The lowest BCUT2D eigenvalue weighted by molar-refractivity contribution is 0.0950. The summed E-state index contributed by atoms with van der Waals surface area (Å²) < 4.78 is 1.02. The topological polar surface area (TPSA) is 29.1 Å². The first-order valence-electron chi connectivity index (χ1n) is 6.30. The van der Waals surface area contributed by atoms with Crippen LogP contribution in [0.2, 0.25) is 0 Å². The molecule has 0 atom stereocenters. The van der Waals surface area contributed by atoms with Crippen molar-refractivity contribution in [3.63, 3.8) is 0 Å². The van der Waals surface area contributed by atoms with E-state index in [9.17, 15) is 4.79 Å². The highest BCUT2D eigenvalue weighted by atomic mass is 127. The van der Waals surface area contributed by atoms with Crippen LogP contribution in [0.25, 0.3) is 0 Å². The van der Waals surface area contributed by atoms with Crippen molar-refractivity contribution in [1.82, 2.24) is 5.32 Å². The van der Waals surface area contributed by atoms with Crippen LogP contribution >= 0.6 is 22.6 Å². The molecule has 1 amide bonds. The van der Waals surface area contributed by atoms with Crippen LogP contribution in [-0.4, -0.2) is 12.5 Å². The third-order valence-electron chi connectivity index (χ3n) is 3.43. The van der Waals surface area contributed by atoms with Gasteiger partial charge in [0.15, 0.2) is 0 Å². The molecule has 1 aromatic rings. The predicted molar refractivity (Wildman–Crippen MR) is 78.1 cm³/mol. The van der Waals surface area contributed by atoms with Gasteiger partial charge in [-0.2, -0.15) is 0 Å². The molecule has 0 bridgehead atoms. The van der Waals surface area contributed by atoms with Crippen LogP contribution in [0.15, 0.2) is 24.3 Å². The molecule has 0 spiro atoms. The Morgan fingerprint density at radius 3 is 2.71 bits per heavy atom. The molecule has 92 valence electrons. The van der Waals surface area contributed by atoms with Crippen LogP contribution in [0, 0.1) is 9.49 Å². The van der Waals surface area contributed by atoms with E-state index in [1.165, 1.54) is 25.7 Å². The Morgan fingerprint density at radius 1 is 1.29 bits per heavy atom. The fraction of sp³-hybridized carbons (Fsp3) is 0.500. The van der Waals surface area contributed by atoms with E-state index in [0.29, 0.717) is 0 Å². The molecule has 2 nitrogen and oxygen atoms in total. The molecule has 0 aliphatic heterocycles. The van der Waals surface area contributed by atoms with Gasteiger partial charge in [0, 0.05) is 10.1 Å². The number of rotatable bonds is 4. The van der Waals surface area contributed by atoms with Crippen LogP contribution in [0.5, 0.6) is 0 Å². The normalized spacial score (nSPS) is 16.1. The molecule has 2 rings (SSSR count). The molecule has 1 aliphatic carbocycles. The van der Waals surface area contributed by atoms with Crippen molar-refractivity contribution in [3.05, 3.63) is 33.4 Å². The van der Waals surface area contributed by atoms with Crippen LogP contribution in [0.3, 0.4) is 0 Å². The van der Waals surface area contributed by atoms with Crippen molar-refractivity contribution in [2.75, 3.05) is 6.54 Å². The van der Waals surface area contributed by atoms with E-state index >= 15 is 0 Å². The summed E-state index contributed by atoms with van der Waals surface area (Å²) in [6.07, 6.45) is 6.57. The number of hydrogen-bond acceptors (Lipinski definition) is 1. The number of halogens is 1. The number of carbonyl (C=O) groups is 1. The average molecular weight is 343 g/mol. The Kier molecular flexibility index (Phi) is 4.83. The SMILES string of the molecule is O=C(NCCC1CCCC1)c1ccccc1I. The lowest BCUT2D eigenvalue weighted by Gasteiger charge is -2.10. The summed E-state index contributed by atoms with van der Waals surface area (Å²) in [5.74, 6) is 0.901. The maximum Gasteiger partial charge on any atom is 0.252 e. The highest BCUT2D eigenvalue weighted by Crippen LogP contribution is 2.26. The van der Waals surface area contributed by atoms with Crippen LogP contribution in [0.1, 0.15) is 42.5 Å². The predicted octanol–water partition coefficient (Wildman–Crippen LogP) is 3.60. The third-order valence-corrected chi connectivity index (χ3v) is 4.37. The molecule has 0 unspecified atom stereocenters. The maximum absolute atomic E-state index is 11.9. The number of carbonyl (C=O) groups excluding carboxylic acids is 1. The Hall–Kier alpha value is -0.580. The van der Waals surface area contributed by atoms with Gasteiger partial charge in [0.05, 0.1) is 5.56 Å². The largest absolute Gasteiger partial charge is 0.352 e. The first-order valence-corrected chi connectivity index (χ1v) is 7.38. The summed E-state index contributed by atoms with van der Waals surface area (Å²) in [4.78, 5) is 11.9. The number of amides is 1. The molecular weight excluding hydrogens is 325 g/mol. The molecule has 1 saturated carbocycles. The van der Waals surface area contributed by atoms with Gasteiger partial charge in [0.2, 0.25) is 0 Å². The molecule has 1 N–H and O–H groups in total. The van der Waals surface area contributed by atoms with E-state index in [0.717, 1.165) is 28.0 Å². The van der Waals surface area contributed by atoms with Crippen molar-refractivity contribution in [2.24, 2.45) is 5.92 Å². The zero-order valence-corrected chi connectivity index (χ0v) is 12.1. The first-order chi connectivity index (χ1) is 8.27. The highest BCUT2D eigenvalue weighted by molar-refractivity contribution is 14.1. The molecule has 0 aromatic heterocycles.